The second kappa shape index (κ2) is 9.63. The van der Waals surface area contributed by atoms with Crippen molar-refractivity contribution in [1.82, 2.24) is 0 Å². The van der Waals surface area contributed by atoms with Gasteiger partial charge in [-0.1, -0.05) is 36.4 Å². The van der Waals surface area contributed by atoms with Crippen LogP contribution < -0.4 is 15.5 Å². The van der Waals surface area contributed by atoms with Crippen molar-refractivity contribution in [2.75, 3.05) is 18.8 Å². The third-order valence-corrected chi connectivity index (χ3v) is 3.59. The molecule has 0 aliphatic rings. The van der Waals surface area contributed by atoms with Crippen molar-refractivity contribution in [2.45, 2.75) is 6.42 Å². The van der Waals surface area contributed by atoms with Gasteiger partial charge in [0.1, 0.15) is 11.8 Å². The summed E-state index contributed by atoms with van der Waals surface area (Å²) in [5.74, 6) is 0.635. The molecule has 6 heteroatoms. The van der Waals surface area contributed by atoms with Crippen LogP contribution in [0.5, 0.6) is 5.75 Å². The molecule has 0 amide bonds. The number of hydrogen-bond donors (Lipinski definition) is 1. The zero-order valence-corrected chi connectivity index (χ0v) is 14.5. The predicted octanol–water partition coefficient (Wildman–Crippen LogP) is 3.29. The number of benzene rings is 2. The van der Waals surface area contributed by atoms with E-state index in [2.05, 4.69) is 17.2 Å². The molecule has 0 aliphatic carbocycles. The lowest BCUT2D eigenvalue weighted by Gasteiger charge is -2.18. The van der Waals surface area contributed by atoms with Gasteiger partial charge in [-0.2, -0.15) is 15.6 Å². The Morgan fingerprint density at radius 1 is 1.15 bits per heavy atom. The van der Waals surface area contributed by atoms with Gasteiger partial charge in [0.25, 0.3) is 0 Å². The normalized spacial score (nSPS) is 11.4. The number of ether oxygens (including phenoxy) is 1. The molecule has 0 saturated heterocycles. The van der Waals surface area contributed by atoms with Crippen LogP contribution in [0.3, 0.4) is 0 Å². The van der Waals surface area contributed by atoms with Crippen molar-refractivity contribution in [2.24, 2.45) is 10.8 Å². The van der Waals surface area contributed by atoms with Gasteiger partial charge in [-0.05, 0) is 24.3 Å². The number of hydrogen-bond acceptors (Lipinski definition) is 6. The van der Waals surface area contributed by atoms with Gasteiger partial charge in [-0.25, -0.2) is 0 Å². The fourth-order valence-corrected chi connectivity index (χ4v) is 2.33. The van der Waals surface area contributed by atoms with E-state index in [0.29, 0.717) is 11.5 Å². The molecule has 0 saturated carbocycles. The maximum absolute atomic E-state index is 9.61. The Hall–Kier alpha value is -3.61. The molecule has 130 valence electrons. The minimum Gasteiger partial charge on any atom is -0.496 e. The summed E-state index contributed by atoms with van der Waals surface area (Å²) in [6, 6.07) is 20.8. The highest BCUT2D eigenvalue weighted by Gasteiger charge is 2.12. The van der Waals surface area contributed by atoms with Gasteiger partial charge < -0.3 is 10.5 Å². The van der Waals surface area contributed by atoms with Crippen molar-refractivity contribution in [3.63, 3.8) is 0 Å². The fourth-order valence-electron chi connectivity index (χ4n) is 2.33. The monoisotopic (exact) mass is 345 g/mol. The number of anilines is 1. The SMILES string of the molecule is COc1ccccc1/C=C(C#N)/C(CC#N)=N/N(CN)c1ccccc1. The first-order valence-electron chi connectivity index (χ1n) is 7.95. The quantitative estimate of drug-likeness (QED) is 0.359. The van der Waals surface area contributed by atoms with Crippen LogP contribution in [0.15, 0.2) is 65.3 Å². The molecule has 2 N–H and O–H groups in total. The number of rotatable bonds is 7. The molecule has 6 nitrogen and oxygen atoms in total. The lowest BCUT2D eigenvalue weighted by molar-refractivity contribution is 0.414. The Morgan fingerprint density at radius 2 is 1.85 bits per heavy atom. The number of nitrogens with zero attached hydrogens (tertiary/aromatic N) is 4. The number of nitriles is 2. The van der Waals surface area contributed by atoms with Gasteiger partial charge in [0.2, 0.25) is 0 Å². The molecule has 0 bridgehead atoms. The summed E-state index contributed by atoms with van der Waals surface area (Å²) < 4.78 is 5.31. The third kappa shape index (κ3) is 4.70. The summed E-state index contributed by atoms with van der Waals surface area (Å²) >= 11 is 0. The summed E-state index contributed by atoms with van der Waals surface area (Å²) in [5.41, 5.74) is 7.94. The van der Waals surface area contributed by atoms with Crippen LogP contribution in [-0.4, -0.2) is 19.5 Å². The molecule has 0 unspecified atom stereocenters. The van der Waals surface area contributed by atoms with Crippen LogP contribution in [0.25, 0.3) is 6.08 Å². The summed E-state index contributed by atoms with van der Waals surface area (Å²) in [6.45, 7) is 0.117. The van der Waals surface area contributed by atoms with Gasteiger partial charge in [-0.15, -0.1) is 0 Å². The van der Waals surface area contributed by atoms with E-state index in [-0.39, 0.29) is 18.7 Å². The van der Waals surface area contributed by atoms with Crippen LogP contribution in [0, 0.1) is 22.7 Å². The molecular weight excluding hydrogens is 326 g/mol. The van der Waals surface area contributed by atoms with E-state index in [1.807, 2.05) is 48.5 Å². The minimum absolute atomic E-state index is 0.0160. The maximum Gasteiger partial charge on any atom is 0.126 e. The number of nitrogens with two attached hydrogens (primary N) is 1. The van der Waals surface area contributed by atoms with Gasteiger partial charge in [-0.3, -0.25) is 5.01 Å². The smallest absolute Gasteiger partial charge is 0.126 e. The van der Waals surface area contributed by atoms with E-state index in [1.54, 1.807) is 24.3 Å². The predicted molar refractivity (Wildman–Crippen MR) is 102 cm³/mol. The zero-order chi connectivity index (χ0) is 18.8. The molecule has 0 aliphatic heterocycles. The highest BCUT2D eigenvalue weighted by molar-refractivity contribution is 6.08. The Bertz CT molecular complexity index is 875. The number of methoxy groups -OCH3 is 1. The second-order valence-corrected chi connectivity index (χ2v) is 5.21. The summed E-state index contributed by atoms with van der Waals surface area (Å²) in [6.07, 6.45) is 1.65. The van der Waals surface area contributed by atoms with Crippen molar-refractivity contribution in [1.29, 1.82) is 10.5 Å². The first-order valence-corrected chi connectivity index (χ1v) is 7.95. The zero-order valence-electron chi connectivity index (χ0n) is 14.5. The molecule has 26 heavy (non-hydrogen) atoms. The molecule has 0 fully saturated rings. The molecule has 0 atom stereocenters. The van der Waals surface area contributed by atoms with Crippen LogP contribution in [0.1, 0.15) is 12.0 Å². The van der Waals surface area contributed by atoms with Crippen molar-refractivity contribution in [3.05, 3.63) is 65.7 Å². The maximum atomic E-state index is 9.61. The Labute approximate surface area is 153 Å². The van der Waals surface area contributed by atoms with Gasteiger partial charge in [0.15, 0.2) is 0 Å². The van der Waals surface area contributed by atoms with Crippen molar-refractivity contribution in [3.8, 4) is 17.9 Å². The molecule has 0 heterocycles. The van der Waals surface area contributed by atoms with Crippen LogP contribution in [0.4, 0.5) is 5.69 Å². The largest absolute Gasteiger partial charge is 0.496 e. The number of hydrazone groups is 1. The molecule has 2 aromatic rings. The summed E-state index contributed by atoms with van der Waals surface area (Å²) in [5, 5.41) is 24.8. The standard InChI is InChI=1S/C20H19N5O/c1-26-20-10-6-5-7-16(20)13-17(14-22)19(11-12-21)24-25(15-23)18-8-3-2-4-9-18/h2-10,13H,11,15,23H2,1H3/b17-13+,24-19+. The van der Waals surface area contributed by atoms with E-state index in [9.17, 15) is 5.26 Å². The van der Waals surface area contributed by atoms with Crippen LogP contribution in [0.2, 0.25) is 0 Å². The van der Waals surface area contributed by atoms with Crippen LogP contribution in [-0.2, 0) is 0 Å². The second-order valence-electron chi connectivity index (χ2n) is 5.21. The Balaban J connectivity index is 2.47. The summed E-state index contributed by atoms with van der Waals surface area (Å²) in [4.78, 5) is 0. The lowest BCUT2D eigenvalue weighted by Crippen LogP contribution is -2.26. The highest BCUT2D eigenvalue weighted by Crippen LogP contribution is 2.22. The molecule has 2 aromatic carbocycles. The molecule has 0 spiro atoms. The van der Waals surface area contributed by atoms with Crippen molar-refractivity contribution < 1.29 is 4.74 Å². The first-order chi connectivity index (χ1) is 12.7. The van der Waals surface area contributed by atoms with E-state index in [0.717, 1.165) is 11.3 Å². The Kier molecular flexibility index (Phi) is 6.93. The van der Waals surface area contributed by atoms with Gasteiger partial charge in [0, 0.05) is 5.56 Å². The van der Waals surface area contributed by atoms with E-state index < -0.39 is 0 Å². The van der Waals surface area contributed by atoms with E-state index in [4.69, 9.17) is 15.7 Å². The molecule has 0 aromatic heterocycles. The van der Waals surface area contributed by atoms with E-state index >= 15 is 0 Å². The number of para-hydroxylation sites is 2. The van der Waals surface area contributed by atoms with Crippen molar-refractivity contribution >= 4 is 17.5 Å². The highest BCUT2D eigenvalue weighted by atomic mass is 16.5. The first kappa shape index (κ1) is 18.7. The number of allylic oxidation sites excluding steroid dienone is 1. The molecular formula is C20H19N5O. The average Bonchev–Trinajstić information content (AvgIpc) is 2.70. The lowest BCUT2D eigenvalue weighted by atomic mass is 10.1. The van der Waals surface area contributed by atoms with E-state index in [1.165, 1.54) is 0 Å². The fraction of sp³-hybridized carbons (Fsp3) is 0.150. The average molecular weight is 345 g/mol. The Morgan fingerprint density at radius 3 is 2.46 bits per heavy atom. The van der Waals surface area contributed by atoms with Crippen LogP contribution >= 0.6 is 0 Å². The molecule has 2 rings (SSSR count). The third-order valence-electron chi connectivity index (χ3n) is 3.59. The van der Waals surface area contributed by atoms with Gasteiger partial charge in [0.05, 0.1) is 43.2 Å². The minimum atomic E-state index is -0.0160. The van der Waals surface area contributed by atoms with Gasteiger partial charge >= 0.3 is 0 Å². The topological polar surface area (TPSA) is 98.4 Å². The molecule has 0 radical (unpaired) electrons. The summed E-state index contributed by atoms with van der Waals surface area (Å²) in [7, 11) is 1.56.